The number of nitro groups is 1. The minimum atomic E-state index is -0.932. The van der Waals surface area contributed by atoms with E-state index in [-0.39, 0.29) is 17.1 Å². The molecular formula is C15H12BrN3O5. The highest BCUT2D eigenvalue weighted by atomic mass is 79.9. The third-order valence-corrected chi connectivity index (χ3v) is 3.66. The first-order valence-corrected chi connectivity index (χ1v) is 7.41. The van der Waals surface area contributed by atoms with Crippen LogP contribution >= 0.6 is 15.9 Å². The van der Waals surface area contributed by atoms with Gasteiger partial charge in [0, 0.05) is 10.5 Å². The summed E-state index contributed by atoms with van der Waals surface area (Å²) in [6.07, 6.45) is 0. The van der Waals surface area contributed by atoms with E-state index in [1.165, 1.54) is 19.2 Å². The van der Waals surface area contributed by atoms with E-state index in [9.17, 15) is 19.7 Å². The fraction of sp³-hybridized carbons (Fsp3) is 0.0667. The van der Waals surface area contributed by atoms with Crippen LogP contribution in [0.3, 0.4) is 0 Å². The van der Waals surface area contributed by atoms with Gasteiger partial charge >= 0.3 is 11.8 Å². The number of carbonyl (C=O) groups is 2. The second-order valence-electron chi connectivity index (χ2n) is 4.53. The number of ether oxygens (including phenoxy) is 1. The Labute approximate surface area is 145 Å². The summed E-state index contributed by atoms with van der Waals surface area (Å²) < 4.78 is 5.62. The van der Waals surface area contributed by atoms with Gasteiger partial charge in [-0.05, 0) is 34.1 Å². The van der Waals surface area contributed by atoms with E-state index >= 15 is 0 Å². The summed E-state index contributed by atoms with van der Waals surface area (Å²) in [7, 11) is 1.30. The summed E-state index contributed by atoms with van der Waals surface area (Å²) in [4.78, 5) is 34.1. The lowest BCUT2D eigenvalue weighted by atomic mass is 10.2. The number of hydrogen-bond acceptors (Lipinski definition) is 5. The SMILES string of the molecule is COc1cc([N+](=O)[O-])ccc1NC(=O)C(=O)Nc1ccccc1Br. The summed E-state index contributed by atoms with van der Waals surface area (Å²) in [5.41, 5.74) is 0.395. The average Bonchev–Trinajstić information content (AvgIpc) is 2.56. The topological polar surface area (TPSA) is 111 Å². The molecule has 0 fully saturated rings. The zero-order valence-electron chi connectivity index (χ0n) is 12.4. The fourth-order valence-electron chi connectivity index (χ4n) is 1.82. The molecule has 24 heavy (non-hydrogen) atoms. The number of rotatable bonds is 4. The number of nitrogens with one attached hydrogen (secondary N) is 2. The molecule has 124 valence electrons. The molecule has 0 aliphatic heterocycles. The van der Waals surface area contributed by atoms with Crippen LogP contribution in [0.5, 0.6) is 5.75 Å². The molecule has 0 unspecified atom stereocenters. The molecule has 0 aliphatic carbocycles. The zero-order valence-corrected chi connectivity index (χ0v) is 14.0. The standard InChI is InChI=1S/C15H12BrN3O5/c1-24-13-8-9(19(22)23)6-7-12(13)18-15(21)14(20)17-11-5-3-2-4-10(11)16/h2-8H,1H3,(H,17,20)(H,18,21). The van der Waals surface area contributed by atoms with Crippen LogP contribution in [-0.2, 0) is 9.59 Å². The van der Waals surface area contributed by atoms with Crippen molar-refractivity contribution in [3.63, 3.8) is 0 Å². The maximum atomic E-state index is 12.0. The molecular weight excluding hydrogens is 382 g/mol. The van der Waals surface area contributed by atoms with Crippen LogP contribution in [0.25, 0.3) is 0 Å². The molecule has 2 aromatic carbocycles. The van der Waals surface area contributed by atoms with Gasteiger partial charge in [-0.2, -0.15) is 0 Å². The Kier molecular flexibility index (Phi) is 5.48. The van der Waals surface area contributed by atoms with E-state index in [1.54, 1.807) is 24.3 Å². The van der Waals surface area contributed by atoms with E-state index in [2.05, 4.69) is 26.6 Å². The molecule has 8 nitrogen and oxygen atoms in total. The third-order valence-electron chi connectivity index (χ3n) is 2.97. The van der Waals surface area contributed by atoms with Gasteiger partial charge in [0.25, 0.3) is 5.69 Å². The predicted molar refractivity (Wildman–Crippen MR) is 91.0 cm³/mol. The first-order chi connectivity index (χ1) is 11.4. The highest BCUT2D eigenvalue weighted by Crippen LogP contribution is 2.29. The van der Waals surface area contributed by atoms with Gasteiger partial charge in [-0.1, -0.05) is 12.1 Å². The molecule has 0 saturated heterocycles. The molecule has 0 saturated carbocycles. The van der Waals surface area contributed by atoms with Gasteiger partial charge in [-0.15, -0.1) is 0 Å². The Morgan fingerprint density at radius 3 is 2.29 bits per heavy atom. The summed E-state index contributed by atoms with van der Waals surface area (Å²) in [5, 5.41) is 15.5. The van der Waals surface area contributed by atoms with Crippen molar-refractivity contribution < 1.29 is 19.2 Å². The second kappa shape index (κ2) is 7.55. The van der Waals surface area contributed by atoms with Gasteiger partial charge in [-0.3, -0.25) is 19.7 Å². The first kappa shape index (κ1) is 17.4. The number of anilines is 2. The van der Waals surface area contributed by atoms with Crippen molar-refractivity contribution in [2.75, 3.05) is 17.7 Å². The molecule has 0 radical (unpaired) electrons. The Balaban J connectivity index is 2.13. The summed E-state index contributed by atoms with van der Waals surface area (Å²) in [6.45, 7) is 0. The maximum absolute atomic E-state index is 12.0. The number of nitrogens with zero attached hydrogens (tertiary/aromatic N) is 1. The number of hydrogen-bond donors (Lipinski definition) is 2. The average molecular weight is 394 g/mol. The van der Waals surface area contributed by atoms with Crippen molar-refractivity contribution in [3.05, 3.63) is 57.1 Å². The fourth-order valence-corrected chi connectivity index (χ4v) is 2.20. The number of amides is 2. The number of nitro benzene ring substituents is 1. The lowest BCUT2D eigenvalue weighted by molar-refractivity contribution is -0.384. The minimum Gasteiger partial charge on any atom is -0.494 e. The normalized spacial score (nSPS) is 9.92. The molecule has 2 N–H and O–H groups in total. The highest BCUT2D eigenvalue weighted by molar-refractivity contribution is 9.10. The number of methoxy groups -OCH3 is 1. The van der Waals surface area contributed by atoms with Crippen molar-refractivity contribution in [1.29, 1.82) is 0 Å². The van der Waals surface area contributed by atoms with Crippen molar-refractivity contribution in [2.24, 2.45) is 0 Å². The molecule has 2 rings (SSSR count). The smallest absolute Gasteiger partial charge is 0.314 e. The van der Waals surface area contributed by atoms with Crippen LogP contribution in [-0.4, -0.2) is 23.8 Å². The summed E-state index contributed by atoms with van der Waals surface area (Å²) in [6, 6.07) is 10.5. The lowest BCUT2D eigenvalue weighted by Gasteiger charge is -2.10. The molecule has 2 aromatic rings. The van der Waals surface area contributed by atoms with Gasteiger partial charge < -0.3 is 15.4 Å². The Morgan fingerprint density at radius 2 is 1.71 bits per heavy atom. The molecule has 0 heterocycles. The van der Waals surface area contributed by atoms with Crippen LogP contribution < -0.4 is 15.4 Å². The van der Waals surface area contributed by atoms with Crippen LogP contribution in [0.1, 0.15) is 0 Å². The zero-order chi connectivity index (χ0) is 17.7. The van der Waals surface area contributed by atoms with Gasteiger partial charge in [0.15, 0.2) is 0 Å². The van der Waals surface area contributed by atoms with E-state index in [0.717, 1.165) is 6.07 Å². The summed E-state index contributed by atoms with van der Waals surface area (Å²) >= 11 is 3.25. The predicted octanol–water partition coefficient (Wildman–Crippen LogP) is 2.94. The Hall–Kier alpha value is -2.94. The number of halogens is 1. The van der Waals surface area contributed by atoms with Crippen molar-refractivity contribution in [1.82, 2.24) is 0 Å². The first-order valence-electron chi connectivity index (χ1n) is 6.61. The number of carbonyl (C=O) groups excluding carboxylic acids is 2. The van der Waals surface area contributed by atoms with Crippen LogP contribution in [0, 0.1) is 10.1 Å². The van der Waals surface area contributed by atoms with Gasteiger partial charge in [0.05, 0.1) is 29.5 Å². The number of benzene rings is 2. The second-order valence-corrected chi connectivity index (χ2v) is 5.38. The Bertz CT molecular complexity index is 809. The number of non-ortho nitro benzene ring substituents is 1. The molecule has 0 aromatic heterocycles. The molecule has 2 amide bonds. The third kappa shape index (κ3) is 4.07. The molecule has 0 aliphatic rings. The Morgan fingerprint density at radius 1 is 1.08 bits per heavy atom. The van der Waals surface area contributed by atoms with Crippen molar-refractivity contribution in [3.8, 4) is 5.75 Å². The molecule has 0 bridgehead atoms. The highest BCUT2D eigenvalue weighted by Gasteiger charge is 2.18. The largest absolute Gasteiger partial charge is 0.494 e. The minimum absolute atomic E-state index is 0.0752. The van der Waals surface area contributed by atoms with E-state index in [0.29, 0.717) is 10.2 Å². The van der Waals surface area contributed by atoms with Gasteiger partial charge in [0.1, 0.15) is 5.75 Å². The maximum Gasteiger partial charge on any atom is 0.314 e. The van der Waals surface area contributed by atoms with Crippen molar-refractivity contribution in [2.45, 2.75) is 0 Å². The van der Waals surface area contributed by atoms with Gasteiger partial charge in [0.2, 0.25) is 0 Å². The van der Waals surface area contributed by atoms with Crippen LogP contribution in [0.2, 0.25) is 0 Å². The van der Waals surface area contributed by atoms with Crippen LogP contribution in [0.15, 0.2) is 46.9 Å². The van der Waals surface area contributed by atoms with E-state index in [1.807, 2.05) is 0 Å². The molecule has 0 atom stereocenters. The van der Waals surface area contributed by atoms with E-state index < -0.39 is 16.7 Å². The lowest BCUT2D eigenvalue weighted by Crippen LogP contribution is -2.29. The van der Waals surface area contributed by atoms with Crippen molar-refractivity contribution >= 4 is 44.8 Å². The van der Waals surface area contributed by atoms with Crippen LogP contribution in [0.4, 0.5) is 17.1 Å². The molecule has 9 heteroatoms. The summed E-state index contributed by atoms with van der Waals surface area (Å²) in [5.74, 6) is -1.74. The quantitative estimate of drug-likeness (QED) is 0.471. The van der Waals surface area contributed by atoms with E-state index in [4.69, 9.17) is 4.74 Å². The van der Waals surface area contributed by atoms with Gasteiger partial charge in [-0.25, -0.2) is 0 Å². The number of para-hydroxylation sites is 1. The molecule has 0 spiro atoms. The monoisotopic (exact) mass is 393 g/mol.